The summed E-state index contributed by atoms with van der Waals surface area (Å²) in [6.07, 6.45) is 4.65. The number of fused-ring (bicyclic) bond motifs is 1. The van der Waals surface area contributed by atoms with Crippen molar-refractivity contribution in [2.75, 3.05) is 20.3 Å². The molecule has 2 rings (SSSR count). The monoisotopic (exact) mass is 283 g/mol. The van der Waals surface area contributed by atoms with Crippen molar-refractivity contribution in [3.63, 3.8) is 0 Å². The van der Waals surface area contributed by atoms with Gasteiger partial charge in [-0.3, -0.25) is 9.97 Å². The lowest BCUT2D eigenvalue weighted by Gasteiger charge is -2.03. The molecule has 0 atom stereocenters. The molecule has 0 fully saturated rings. The maximum Gasteiger partial charge on any atom is 0.348 e. The van der Waals surface area contributed by atoms with E-state index in [0.29, 0.717) is 11.1 Å². The average Bonchev–Trinajstić information content (AvgIpc) is 2.52. The fraction of sp³-hybridized carbons (Fsp3) is 0.200. The topological polar surface area (TPSA) is 85.1 Å². The summed E-state index contributed by atoms with van der Waals surface area (Å²) in [5, 5.41) is 9.05. The maximum atomic E-state index is 11.7. The number of ether oxygens (including phenoxy) is 2. The Morgan fingerprint density at radius 1 is 1.29 bits per heavy atom. The Morgan fingerprint density at radius 3 is 2.76 bits per heavy atom. The smallest absolute Gasteiger partial charge is 0.348 e. The van der Waals surface area contributed by atoms with Crippen molar-refractivity contribution in [3.8, 4) is 6.07 Å². The summed E-state index contributed by atoms with van der Waals surface area (Å²) in [6, 6.07) is 7.13. The Balaban J connectivity index is 2.21. The Morgan fingerprint density at radius 2 is 2.05 bits per heavy atom. The van der Waals surface area contributed by atoms with Gasteiger partial charge in [-0.1, -0.05) is 6.07 Å². The number of hydrogen-bond donors (Lipinski definition) is 0. The fourth-order valence-corrected chi connectivity index (χ4v) is 1.67. The molecule has 1 aromatic carbocycles. The van der Waals surface area contributed by atoms with E-state index in [9.17, 15) is 4.79 Å². The van der Waals surface area contributed by atoms with Crippen LogP contribution in [-0.4, -0.2) is 36.3 Å². The van der Waals surface area contributed by atoms with E-state index in [2.05, 4.69) is 9.97 Å². The van der Waals surface area contributed by atoms with Crippen LogP contribution in [-0.2, 0) is 14.3 Å². The molecule has 0 bridgehead atoms. The first-order valence-corrected chi connectivity index (χ1v) is 6.23. The molecule has 0 saturated heterocycles. The molecular formula is C15H13N3O3. The predicted molar refractivity (Wildman–Crippen MR) is 76.0 cm³/mol. The number of aromatic nitrogens is 2. The van der Waals surface area contributed by atoms with Crippen molar-refractivity contribution in [1.29, 1.82) is 5.26 Å². The van der Waals surface area contributed by atoms with Crippen molar-refractivity contribution in [1.82, 2.24) is 9.97 Å². The number of esters is 1. The van der Waals surface area contributed by atoms with Gasteiger partial charge in [-0.05, 0) is 23.8 Å². The van der Waals surface area contributed by atoms with Crippen molar-refractivity contribution in [2.24, 2.45) is 0 Å². The van der Waals surface area contributed by atoms with E-state index < -0.39 is 5.97 Å². The van der Waals surface area contributed by atoms with E-state index in [-0.39, 0.29) is 18.8 Å². The molecule has 0 aliphatic heterocycles. The molecule has 1 heterocycles. The standard InChI is InChI=1S/C15H13N3O3/c1-20-6-7-21-15(19)12(10-16)8-11-2-3-13-14(9-11)18-5-4-17-13/h2-5,8-9H,6-7H2,1H3. The van der Waals surface area contributed by atoms with Crippen molar-refractivity contribution >= 4 is 23.1 Å². The molecule has 0 unspecified atom stereocenters. The van der Waals surface area contributed by atoms with Crippen LogP contribution in [0.5, 0.6) is 0 Å². The Kier molecular flexibility index (Phi) is 4.96. The van der Waals surface area contributed by atoms with Gasteiger partial charge in [0, 0.05) is 19.5 Å². The van der Waals surface area contributed by atoms with Gasteiger partial charge in [0.15, 0.2) is 0 Å². The van der Waals surface area contributed by atoms with Crippen LogP contribution in [0.15, 0.2) is 36.2 Å². The summed E-state index contributed by atoms with van der Waals surface area (Å²) in [5.41, 5.74) is 2.05. The summed E-state index contributed by atoms with van der Waals surface area (Å²) in [7, 11) is 1.50. The number of nitriles is 1. The predicted octanol–water partition coefficient (Wildman–Crippen LogP) is 1.73. The highest BCUT2D eigenvalue weighted by molar-refractivity contribution is 5.98. The first kappa shape index (κ1) is 14.6. The summed E-state index contributed by atoms with van der Waals surface area (Å²) in [4.78, 5) is 20.0. The van der Waals surface area contributed by atoms with Gasteiger partial charge in [0.2, 0.25) is 0 Å². The second kappa shape index (κ2) is 7.12. The van der Waals surface area contributed by atoms with Crippen molar-refractivity contribution < 1.29 is 14.3 Å². The van der Waals surface area contributed by atoms with Crippen LogP contribution in [0.4, 0.5) is 0 Å². The van der Waals surface area contributed by atoms with Crippen LogP contribution in [0.1, 0.15) is 5.56 Å². The van der Waals surface area contributed by atoms with E-state index in [4.69, 9.17) is 14.7 Å². The number of carbonyl (C=O) groups is 1. The molecule has 21 heavy (non-hydrogen) atoms. The van der Waals surface area contributed by atoms with Gasteiger partial charge in [-0.25, -0.2) is 4.79 Å². The zero-order chi connectivity index (χ0) is 15.1. The average molecular weight is 283 g/mol. The summed E-state index contributed by atoms with van der Waals surface area (Å²) < 4.78 is 9.69. The van der Waals surface area contributed by atoms with E-state index in [1.807, 2.05) is 6.07 Å². The van der Waals surface area contributed by atoms with Crippen LogP contribution in [0.3, 0.4) is 0 Å². The minimum Gasteiger partial charge on any atom is -0.459 e. The molecule has 0 N–H and O–H groups in total. The molecule has 0 spiro atoms. The van der Waals surface area contributed by atoms with Crippen molar-refractivity contribution in [3.05, 3.63) is 41.7 Å². The van der Waals surface area contributed by atoms with E-state index in [1.165, 1.54) is 13.2 Å². The molecule has 1 aromatic heterocycles. The summed E-state index contributed by atoms with van der Waals surface area (Å²) in [6.45, 7) is 0.396. The minimum absolute atomic E-state index is 0.0747. The molecular weight excluding hydrogens is 270 g/mol. The maximum absolute atomic E-state index is 11.7. The normalized spacial score (nSPS) is 11.1. The van der Waals surface area contributed by atoms with Crippen LogP contribution >= 0.6 is 0 Å². The lowest BCUT2D eigenvalue weighted by atomic mass is 10.1. The van der Waals surface area contributed by atoms with Crippen LogP contribution in [0.25, 0.3) is 17.1 Å². The summed E-state index contributed by atoms with van der Waals surface area (Å²) >= 11 is 0. The quantitative estimate of drug-likeness (QED) is 0.359. The third-order valence-corrected chi connectivity index (χ3v) is 2.67. The molecule has 0 aliphatic rings. The Bertz CT molecular complexity index is 719. The summed E-state index contributed by atoms with van der Waals surface area (Å²) in [5.74, 6) is -0.672. The number of nitrogens with zero attached hydrogens (tertiary/aromatic N) is 3. The molecule has 0 aliphatic carbocycles. The van der Waals surface area contributed by atoms with Gasteiger partial charge in [-0.2, -0.15) is 5.26 Å². The Labute approximate surface area is 121 Å². The lowest BCUT2D eigenvalue weighted by Crippen LogP contribution is -2.11. The molecule has 0 saturated carbocycles. The fourth-order valence-electron chi connectivity index (χ4n) is 1.67. The third-order valence-electron chi connectivity index (χ3n) is 2.67. The van der Waals surface area contributed by atoms with E-state index in [1.54, 1.807) is 30.6 Å². The third kappa shape index (κ3) is 3.84. The number of rotatable bonds is 5. The molecule has 0 radical (unpaired) electrons. The van der Waals surface area contributed by atoms with E-state index >= 15 is 0 Å². The van der Waals surface area contributed by atoms with Crippen LogP contribution in [0, 0.1) is 11.3 Å². The zero-order valence-electron chi connectivity index (χ0n) is 11.4. The van der Waals surface area contributed by atoms with Crippen molar-refractivity contribution in [2.45, 2.75) is 0 Å². The Hall–Kier alpha value is -2.78. The number of hydrogen-bond acceptors (Lipinski definition) is 6. The second-order valence-electron chi connectivity index (χ2n) is 4.10. The molecule has 0 amide bonds. The zero-order valence-corrected chi connectivity index (χ0v) is 11.4. The first-order valence-electron chi connectivity index (χ1n) is 6.23. The van der Waals surface area contributed by atoms with Gasteiger partial charge in [0.1, 0.15) is 18.2 Å². The van der Waals surface area contributed by atoms with Crippen LogP contribution in [0.2, 0.25) is 0 Å². The molecule has 6 heteroatoms. The number of methoxy groups -OCH3 is 1. The van der Waals surface area contributed by atoms with Gasteiger partial charge >= 0.3 is 5.97 Å². The van der Waals surface area contributed by atoms with Gasteiger partial charge in [0.25, 0.3) is 0 Å². The molecule has 6 nitrogen and oxygen atoms in total. The van der Waals surface area contributed by atoms with Gasteiger partial charge < -0.3 is 9.47 Å². The van der Waals surface area contributed by atoms with Crippen LogP contribution < -0.4 is 0 Å². The SMILES string of the molecule is COCCOC(=O)C(C#N)=Cc1ccc2nccnc2c1. The number of carbonyl (C=O) groups excluding carboxylic acids is 1. The van der Waals surface area contributed by atoms with Gasteiger partial charge in [0.05, 0.1) is 17.6 Å². The highest BCUT2D eigenvalue weighted by Crippen LogP contribution is 2.14. The van der Waals surface area contributed by atoms with Gasteiger partial charge in [-0.15, -0.1) is 0 Å². The largest absolute Gasteiger partial charge is 0.459 e. The molecule has 2 aromatic rings. The van der Waals surface area contributed by atoms with E-state index in [0.717, 1.165) is 5.52 Å². The highest BCUT2D eigenvalue weighted by Gasteiger charge is 2.10. The molecule has 106 valence electrons. The number of benzene rings is 1. The first-order chi connectivity index (χ1) is 10.2. The second-order valence-corrected chi connectivity index (χ2v) is 4.10. The minimum atomic E-state index is -0.672. The lowest BCUT2D eigenvalue weighted by molar-refractivity contribution is -0.139. The highest BCUT2D eigenvalue weighted by atomic mass is 16.6.